The third-order valence-corrected chi connectivity index (χ3v) is 5.19. The monoisotopic (exact) mass is 510 g/mol. The number of rotatable bonds is 6. The lowest BCUT2D eigenvalue weighted by Gasteiger charge is -2.20. The Labute approximate surface area is 202 Å². The molecule has 0 atom stereocenters. The number of benzene rings is 3. The molecule has 0 unspecified atom stereocenters. The lowest BCUT2D eigenvalue weighted by atomic mass is 9.87. The van der Waals surface area contributed by atoms with Crippen LogP contribution in [0.25, 0.3) is 22.3 Å². The Morgan fingerprint density at radius 3 is 1.25 bits per heavy atom. The Morgan fingerprint density at radius 1 is 0.611 bits per heavy atom. The molecule has 0 aliphatic rings. The number of hydrogen-bond acceptors (Lipinski definition) is 4. The van der Waals surface area contributed by atoms with Crippen LogP contribution in [0.1, 0.15) is 45.7 Å². The zero-order valence-corrected chi connectivity index (χ0v) is 19.1. The highest BCUT2D eigenvalue weighted by molar-refractivity contribution is 6.05. The Morgan fingerprint density at radius 2 is 0.944 bits per heavy atom. The van der Waals surface area contributed by atoms with Crippen LogP contribution >= 0.6 is 0 Å². The first-order chi connectivity index (χ1) is 16.9. The Kier molecular flexibility index (Phi) is 7.76. The summed E-state index contributed by atoms with van der Waals surface area (Å²) in [5.41, 5.74) is -4.65. The molecule has 10 heteroatoms. The van der Waals surface area contributed by atoms with Gasteiger partial charge in [-0.3, -0.25) is 0 Å². The summed E-state index contributed by atoms with van der Waals surface area (Å²) >= 11 is 0. The van der Waals surface area contributed by atoms with E-state index >= 15 is 0 Å². The van der Waals surface area contributed by atoms with Gasteiger partial charge in [-0.15, -0.1) is 0 Å². The van der Waals surface area contributed by atoms with Gasteiger partial charge in [-0.05, 0) is 60.4 Å². The summed E-state index contributed by atoms with van der Waals surface area (Å²) in [7, 11) is 0. The molecule has 0 aliphatic carbocycles. The molecule has 0 saturated heterocycles. The van der Waals surface area contributed by atoms with Crippen molar-refractivity contribution in [3.63, 3.8) is 0 Å². The molecule has 36 heavy (non-hydrogen) atoms. The smallest absolute Gasteiger partial charge is 0.417 e. The van der Waals surface area contributed by atoms with E-state index in [4.69, 9.17) is 9.47 Å². The van der Waals surface area contributed by atoms with Crippen molar-refractivity contribution in [3.05, 3.63) is 82.9 Å². The highest BCUT2D eigenvalue weighted by atomic mass is 19.4. The minimum atomic E-state index is -4.83. The van der Waals surface area contributed by atoms with Crippen LogP contribution in [0.4, 0.5) is 26.3 Å². The molecule has 0 spiro atoms. The molecule has 0 aromatic heterocycles. The second-order valence-corrected chi connectivity index (χ2v) is 7.47. The van der Waals surface area contributed by atoms with Gasteiger partial charge in [-0.2, -0.15) is 26.3 Å². The fourth-order valence-electron chi connectivity index (χ4n) is 3.73. The van der Waals surface area contributed by atoms with Crippen molar-refractivity contribution in [2.45, 2.75) is 26.2 Å². The van der Waals surface area contributed by atoms with E-state index in [9.17, 15) is 35.9 Å². The number of carbonyl (C=O) groups excluding carboxylic acids is 2. The molecule has 0 N–H and O–H groups in total. The molecule has 0 amide bonds. The molecule has 0 radical (unpaired) electrons. The molecule has 0 heterocycles. The van der Waals surface area contributed by atoms with Gasteiger partial charge >= 0.3 is 24.3 Å². The molecule has 4 nitrogen and oxygen atoms in total. The summed E-state index contributed by atoms with van der Waals surface area (Å²) in [5, 5.41) is 0. The maximum Gasteiger partial charge on any atom is 0.417 e. The predicted molar refractivity (Wildman–Crippen MR) is 119 cm³/mol. The number of ether oxygens (including phenoxy) is 2. The van der Waals surface area contributed by atoms with E-state index in [0.717, 1.165) is 48.5 Å². The first-order valence-electron chi connectivity index (χ1n) is 10.8. The van der Waals surface area contributed by atoms with Crippen molar-refractivity contribution in [3.8, 4) is 22.3 Å². The molecule has 0 bridgehead atoms. The van der Waals surface area contributed by atoms with Crippen molar-refractivity contribution in [1.82, 2.24) is 0 Å². The number of carbonyl (C=O) groups is 2. The van der Waals surface area contributed by atoms with Gasteiger partial charge in [0.15, 0.2) is 0 Å². The summed E-state index contributed by atoms with van der Waals surface area (Å²) in [4.78, 5) is 25.7. The largest absolute Gasteiger partial charge is 0.462 e. The Hall–Kier alpha value is -3.82. The van der Waals surface area contributed by atoms with Crippen molar-refractivity contribution < 1.29 is 45.4 Å². The van der Waals surface area contributed by atoms with Crippen LogP contribution in [-0.4, -0.2) is 25.2 Å². The number of alkyl halides is 6. The van der Waals surface area contributed by atoms with Gasteiger partial charge in [0.25, 0.3) is 0 Å². The average molecular weight is 510 g/mol. The molecular weight excluding hydrogens is 490 g/mol. The summed E-state index contributed by atoms with van der Waals surface area (Å²) in [6.45, 7) is 2.64. The molecule has 3 aromatic carbocycles. The molecule has 3 aromatic rings. The van der Waals surface area contributed by atoms with Gasteiger partial charge in [0.1, 0.15) is 0 Å². The molecule has 0 aliphatic heterocycles. The van der Waals surface area contributed by atoms with Gasteiger partial charge in [-0.1, -0.05) is 36.4 Å². The lowest BCUT2D eigenvalue weighted by molar-refractivity contribution is -0.137. The molecule has 0 fully saturated rings. The summed E-state index contributed by atoms with van der Waals surface area (Å²) in [6.07, 6.45) is -9.65. The minimum absolute atomic E-state index is 0.146. The topological polar surface area (TPSA) is 52.6 Å². The van der Waals surface area contributed by atoms with E-state index in [1.165, 1.54) is 26.0 Å². The Bertz CT molecular complexity index is 1180. The highest BCUT2D eigenvalue weighted by Gasteiger charge is 2.37. The van der Waals surface area contributed by atoms with E-state index in [1.807, 2.05) is 0 Å². The van der Waals surface area contributed by atoms with E-state index in [2.05, 4.69) is 0 Å². The highest BCUT2D eigenvalue weighted by Crippen LogP contribution is 2.43. The zero-order valence-electron chi connectivity index (χ0n) is 19.1. The van der Waals surface area contributed by atoms with E-state index in [-0.39, 0.29) is 24.3 Å². The number of halogens is 6. The molecule has 0 saturated carbocycles. The average Bonchev–Trinajstić information content (AvgIpc) is 2.82. The van der Waals surface area contributed by atoms with Crippen LogP contribution < -0.4 is 0 Å². The van der Waals surface area contributed by atoms with Crippen molar-refractivity contribution in [1.29, 1.82) is 0 Å². The molecule has 190 valence electrons. The number of esters is 2. The van der Waals surface area contributed by atoms with Crippen molar-refractivity contribution >= 4 is 11.9 Å². The first kappa shape index (κ1) is 26.8. The fraction of sp³-hybridized carbons (Fsp3) is 0.231. The normalized spacial score (nSPS) is 11.8. The number of hydrogen-bond donors (Lipinski definition) is 0. The predicted octanol–water partition coefficient (Wildman–Crippen LogP) is 7.41. The van der Waals surface area contributed by atoms with Gasteiger partial charge in [-0.25, -0.2) is 9.59 Å². The van der Waals surface area contributed by atoms with Gasteiger partial charge in [0.2, 0.25) is 0 Å². The third-order valence-electron chi connectivity index (χ3n) is 5.19. The molecular formula is C26H20F6O4. The SMILES string of the molecule is CCOC(=O)c1cc(-c2ccccc2C(F)(F)F)c(C(=O)OCC)cc1-c1ccccc1C(F)(F)F. The summed E-state index contributed by atoms with van der Waals surface area (Å²) in [6, 6.07) is 10.6. The van der Waals surface area contributed by atoms with Crippen LogP contribution in [0.15, 0.2) is 60.7 Å². The Balaban J connectivity index is 2.46. The fourth-order valence-corrected chi connectivity index (χ4v) is 3.73. The second-order valence-electron chi connectivity index (χ2n) is 7.47. The van der Waals surface area contributed by atoms with Crippen LogP contribution in [0, 0.1) is 0 Å². The van der Waals surface area contributed by atoms with Crippen LogP contribution in [0.5, 0.6) is 0 Å². The lowest BCUT2D eigenvalue weighted by Crippen LogP contribution is -2.15. The first-order valence-corrected chi connectivity index (χ1v) is 10.8. The summed E-state index contributed by atoms with van der Waals surface area (Å²) in [5.74, 6) is -2.13. The van der Waals surface area contributed by atoms with E-state index in [0.29, 0.717) is 0 Å². The van der Waals surface area contributed by atoms with Crippen molar-refractivity contribution in [2.24, 2.45) is 0 Å². The quantitative estimate of drug-likeness (QED) is 0.256. The van der Waals surface area contributed by atoms with Gasteiger partial charge < -0.3 is 9.47 Å². The van der Waals surface area contributed by atoms with Gasteiger partial charge in [0, 0.05) is 0 Å². The molecule has 3 rings (SSSR count). The maximum atomic E-state index is 13.8. The van der Waals surface area contributed by atoms with Crippen LogP contribution in [-0.2, 0) is 21.8 Å². The van der Waals surface area contributed by atoms with E-state index in [1.54, 1.807) is 0 Å². The van der Waals surface area contributed by atoms with Crippen LogP contribution in [0.3, 0.4) is 0 Å². The van der Waals surface area contributed by atoms with Crippen molar-refractivity contribution in [2.75, 3.05) is 13.2 Å². The van der Waals surface area contributed by atoms with Crippen LogP contribution in [0.2, 0.25) is 0 Å². The standard InChI is InChI=1S/C26H20F6O4/c1-3-35-23(33)19-13-18(16-10-6-8-12-22(16)26(30,31)32)20(24(34)36-4-2)14-17(19)15-9-5-7-11-21(15)25(27,28)29/h5-14H,3-4H2,1-2H3. The second kappa shape index (κ2) is 10.4. The third kappa shape index (κ3) is 5.53. The maximum absolute atomic E-state index is 13.8. The van der Waals surface area contributed by atoms with Gasteiger partial charge in [0.05, 0.1) is 35.5 Å². The van der Waals surface area contributed by atoms with E-state index < -0.39 is 57.7 Å². The minimum Gasteiger partial charge on any atom is -0.462 e. The zero-order chi connectivity index (χ0) is 26.7. The summed E-state index contributed by atoms with van der Waals surface area (Å²) < 4.78 is 92.7.